The van der Waals surface area contributed by atoms with E-state index in [2.05, 4.69) is 0 Å². The summed E-state index contributed by atoms with van der Waals surface area (Å²) in [7, 11) is 1.26. The Labute approximate surface area is 165 Å². The second-order valence-electron chi connectivity index (χ2n) is 5.94. The number of hydrogen-bond acceptors (Lipinski definition) is 6. The highest BCUT2D eigenvalue weighted by Gasteiger charge is 2.22. The number of anilines is 1. The second kappa shape index (κ2) is 9.18. The van der Waals surface area contributed by atoms with E-state index in [1.807, 2.05) is 6.92 Å². The van der Waals surface area contributed by atoms with Crippen molar-refractivity contribution in [1.82, 2.24) is 9.13 Å². The molecule has 2 N–H and O–H groups in total. The third-order valence-corrected chi connectivity index (χ3v) is 4.30. The van der Waals surface area contributed by atoms with E-state index in [9.17, 15) is 19.2 Å². The lowest BCUT2D eigenvalue weighted by Crippen LogP contribution is -2.43. The minimum atomic E-state index is -0.831. The molecule has 0 aliphatic heterocycles. The SMILES string of the molecule is CCCn1c(N)c(C(=O)COC(=O)/C=C/c2ccccc2Cl)c(=O)n(C)c1=O. The van der Waals surface area contributed by atoms with Crippen LogP contribution in [0, 0.1) is 0 Å². The van der Waals surface area contributed by atoms with Crippen LogP contribution in [0.15, 0.2) is 39.9 Å². The summed E-state index contributed by atoms with van der Waals surface area (Å²) >= 11 is 5.98. The van der Waals surface area contributed by atoms with Gasteiger partial charge in [-0.05, 0) is 24.1 Å². The zero-order chi connectivity index (χ0) is 20.8. The smallest absolute Gasteiger partial charge is 0.332 e. The van der Waals surface area contributed by atoms with E-state index < -0.39 is 29.6 Å². The van der Waals surface area contributed by atoms with Crippen LogP contribution < -0.4 is 17.0 Å². The van der Waals surface area contributed by atoms with Gasteiger partial charge in [-0.2, -0.15) is 0 Å². The van der Waals surface area contributed by atoms with Crippen molar-refractivity contribution in [2.24, 2.45) is 7.05 Å². The molecular formula is C19H20ClN3O5. The Morgan fingerprint density at radius 2 is 1.93 bits per heavy atom. The Kier molecular flexibility index (Phi) is 6.94. The third kappa shape index (κ3) is 4.58. The van der Waals surface area contributed by atoms with E-state index in [-0.39, 0.29) is 17.9 Å². The number of nitrogens with zero attached hydrogens (tertiary/aromatic N) is 2. The van der Waals surface area contributed by atoms with Crippen LogP contribution in [0.1, 0.15) is 29.3 Å². The highest BCUT2D eigenvalue weighted by molar-refractivity contribution is 6.32. The number of nitrogens with two attached hydrogens (primary N) is 1. The summed E-state index contributed by atoms with van der Waals surface area (Å²) in [6, 6.07) is 6.88. The Bertz CT molecular complexity index is 1050. The molecule has 0 radical (unpaired) electrons. The van der Waals surface area contributed by atoms with E-state index in [1.165, 1.54) is 13.1 Å². The van der Waals surface area contributed by atoms with Gasteiger partial charge in [0.1, 0.15) is 11.4 Å². The minimum absolute atomic E-state index is 0.234. The van der Waals surface area contributed by atoms with Crippen molar-refractivity contribution < 1.29 is 14.3 Å². The van der Waals surface area contributed by atoms with Crippen molar-refractivity contribution in [3.8, 4) is 0 Å². The van der Waals surface area contributed by atoms with Crippen LogP contribution in [-0.4, -0.2) is 27.5 Å². The first-order chi connectivity index (χ1) is 13.3. The first-order valence-electron chi connectivity index (χ1n) is 8.49. The monoisotopic (exact) mass is 405 g/mol. The molecule has 0 saturated heterocycles. The van der Waals surface area contributed by atoms with Crippen LogP contribution in [0.2, 0.25) is 5.02 Å². The molecule has 1 heterocycles. The highest BCUT2D eigenvalue weighted by Crippen LogP contribution is 2.16. The van der Waals surface area contributed by atoms with Crippen LogP contribution in [0.3, 0.4) is 0 Å². The first-order valence-corrected chi connectivity index (χ1v) is 8.87. The maximum Gasteiger partial charge on any atom is 0.332 e. The highest BCUT2D eigenvalue weighted by atomic mass is 35.5. The largest absolute Gasteiger partial charge is 0.454 e. The molecule has 2 rings (SSSR count). The average molecular weight is 406 g/mol. The van der Waals surface area contributed by atoms with Gasteiger partial charge in [0.05, 0.1) is 0 Å². The van der Waals surface area contributed by atoms with Gasteiger partial charge in [-0.1, -0.05) is 36.7 Å². The zero-order valence-corrected chi connectivity index (χ0v) is 16.2. The van der Waals surface area contributed by atoms with Gasteiger partial charge in [-0.25, -0.2) is 9.59 Å². The average Bonchev–Trinajstić information content (AvgIpc) is 2.67. The molecule has 2 aromatic rings. The molecule has 0 amide bonds. The molecule has 9 heteroatoms. The molecule has 0 unspecified atom stereocenters. The molecule has 148 valence electrons. The maximum atomic E-state index is 12.4. The number of ether oxygens (including phenoxy) is 1. The van der Waals surface area contributed by atoms with E-state index in [1.54, 1.807) is 24.3 Å². The van der Waals surface area contributed by atoms with E-state index >= 15 is 0 Å². The Morgan fingerprint density at radius 1 is 1.25 bits per heavy atom. The Hall–Kier alpha value is -3.13. The molecule has 0 spiro atoms. The molecule has 8 nitrogen and oxygen atoms in total. The fourth-order valence-electron chi connectivity index (χ4n) is 2.51. The van der Waals surface area contributed by atoms with E-state index in [0.717, 1.165) is 15.2 Å². The number of ketones is 1. The number of carbonyl (C=O) groups excluding carboxylic acids is 2. The Balaban J connectivity index is 2.17. The molecule has 0 aliphatic rings. The summed E-state index contributed by atoms with van der Waals surface area (Å²) in [5.41, 5.74) is 4.65. The summed E-state index contributed by atoms with van der Waals surface area (Å²) in [5.74, 6) is -1.81. The second-order valence-corrected chi connectivity index (χ2v) is 6.35. The predicted octanol–water partition coefficient (Wildman–Crippen LogP) is 1.63. The van der Waals surface area contributed by atoms with Crippen molar-refractivity contribution in [3.05, 3.63) is 67.3 Å². The van der Waals surface area contributed by atoms with Gasteiger partial charge in [0.2, 0.25) is 5.78 Å². The van der Waals surface area contributed by atoms with E-state index in [4.69, 9.17) is 22.1 Å². The lowest BCUT2D eigenvalue weighted by atomic mass is 10.2. The van der Waals surface area contributed by atoms with Gasteiger partial charge >= 0.3 is 11.7 Å². The fraction of sp³-hybridized carbons (Fsp3) is 0.263. The van der Waals surface area contributed by atoms with Gasteiger partial charge in [0, 0.05) is 24.7 Å². The molecule has 1 aromatic heterocycles. The van der Waals surface area contributed by atoms with Crippen LogP contribution in [-0.2, 0) is 23.1 Å². The topological polar surface area (TPSA) is 113 Å². The van der Waals surface area contributed by atoms with Crippen molar-refractivity contribution >= 4 is 35.2 Å². The number of nitrogen functional groups attached to an aromatic ring is 1. The van der Waals surface area contributed by atoms with Crippen molar-refractivity contribution in [1.29, 1.82) is 0 Å². The molecule has 0 bridgehead atoms. The number of rotatable bonds is 7. The van der Waals surface area contributed by atoms with Crippen LogP contribution >= 0.6 is 11.6 Å². The number of carbonyl (C=O) groups is 2. The number of aromatic nitrogens is 2. The normalized spacial score (nSPS) is 11.0. The number of benzene rings is 1. The third-order valence-electron chi connectivity index (χ3n) is 3.96. The number of hydrogen-bond donors (Lipinski definition) is 1. The molecule has 0 saturated carbocycles. The summed E-state index contributed by atoms with van der Waals surface area (Å²) in [5, 5.41) is 0.456. The van der Waals surface area contributed by atoms with Gasteiger partial charge in [-0.3, -0.25) is 18.7 Å². The molecule has 1 aromatic carbocycles. The summed E-state index contributed by atoms with van der Waals surface area (Å²) in [4.78, 5) is 48.7. The molecular weight excluding hydrogens is 386 g/mol. The first kappa shape index (κ1) is 21.2. The molecule has 0 aliphatic carbocycles. The van der Waals surface area contributed by atoms with Crippen molar-refractivity contribution in [2.45, 2.75) is 19.9 Å². The Morgan fingerprint density at radius 3 is 2.57 bits per heavy atom. The van der Waals surface area contributed by atoms with Gasteiger partial charge in [0.25, 0.3) is 5.56 Å². The van der Waals surface area contributed by atoms with Crippen molar-refractivity contribution in [3.63, 3.8) is 0 Å². The van der Waals surface area contributed by atoms with Gasteiger partial charge < -0.3 is 10.5 Å². The van der Waals surface area contributed by atoms with Crippen molar-refractivity contribution in [2.75, 3.05) is 12.3 Å². The molecule has 0 atom stereocenters. The van der Waals surface area contributed by atoms with Crippen LogP contribution in [0.4, 0.5) is 5.82 Å². The van der Waals surface area contributed by atoms with Crippen LogP contribution in [0.25, 0.3) is 6.08 Å². The lowest BCUT2D eigenvalue weighted by molar-refractivity contribution is -0.136. The molecule has 28 heavy (non-hydrogen) atoms. The predicted molar refractivity (Wildman–Crippen MR) is 106 cm³/mol. The zero-order valence-electron chi connectivity index (χ0n) is 15.5. The standard InChI is InChI=1S/C19H20ClN3O5/c1-3-10-23-17(21)16(18(26)22(2)19(23)27)14(24)11-28-15(25)9-8-12-6-4-5-7-13(12)20/h4-9H,3,10-11,21H2,1-2H3/b9-8+. The van der Waals surface area contributed by atoms with Gasteiger partial charge in [-0.15, -0.1) is 0 Å². The minimum Gasteiger partial charge on any atom is -0.454 e. The number of Topliss-reactive ketones (excluding diaryl/α,β-unsaturated/α-hetero) is 1. The molecule has 0 fully saturated rings. The van der Waals surface area contributed by atoms with Gasteiger partial charge in [0.15, 0.2) is 6.61 Å². The van der Waals surface area contributed by atoms with E-state index in [0.29, 0.717) is 17.0 Å². The number of esters is 1. The summed E-state index contributed by atoms with van der Waals surface area (Å²) in [6.45, 7) is 1.39. The summed E-state index contributed by atoms with van der Waals surface area (Å²) in [6.07, 6.45) is 3.15. The lowest BCUT2D eigenvalue weighted by Gasteiger charge is -2.13. The van der Waals surface area contributed by atoms with Crippen LogP contribution in [0.5, 0.6) is 0 Å². The summed E-state index contributed by atoms with van der Waals surface area (Å²) < 4.78 is 6.84. The number of halogens is 1. The fourth-order valence-corrected chi connectivity index (χ4v) is 2.71. The maximum absolute atomic E-state index is 12.4. The quantitative estimate of drug-likeness (QED) is 0.425.